The fraction of sp³-hybridized carbons (Fsp3) is 0.455. The van der Waals surface area contributed by atoms with Crippen molar-refractivity contribution in [1.82, 2.24) is 0 Å². The number of alkyl halides is 3. The van der Waals surface area contributed by atoms with Crippen molar-refractivity contribution in [2.24, 2.45) is 0 Å². The molecule has 0 aromatic heterocycles. The van der Waals surface area contributed by atoms with Gasteiger partial charge < -0.3 is 4.43 Å². The molecule has 0 aliphatic carbocycles. The van der Waals surface area contributed by atoms with Crippen LogP contribution in [0.25, 0.3) is 0 Å². The lowest BCUT2D eigenvalue weighted by atomic mass is 10.1. The first-order valence-electron chi connectivity index (χ1n) is 5.09. The molecule has 0 heterocycles. The highest BCUT2D eigenvalue weighted by molar-refractivity contribution is 6.69. The Kier molecular flexibility index (Phi) is 4.27. The number of hydrogen-bond acceptors (Lipinski definition) is 1. The zero-order valence-electron chi connectivity index (χ0n) is 9.81. The molecule has 1 aromatic rings. The lowest BCUT2D eigenvalue weighted by Crippen LogP contribution is -2.34. The van der Waals surface area contributed by atoms with Gasteiger partial charge in [0.25, 0.3) is 0 Å². The summed E-state index contributed by atoms with van der Waals surface area (Å²) in [5, 5.41) is 0.274. The van der Waals surface area contributed by atoms with Gasteiger partial charge in [-0.25, -0.2) is 0 Å². The third-order valence-electron chi connectivity index (χ3n) is 1.92. The first-order valence-corrected chi connectivity index (χ1v) is 8.88. The lowest BCUT2D eigenvalue weighted by molar-refractivity contribution is -0.200. The van der Waals surface area contributed by atoms with E-state index in [2.05, 4.69) is 0 Å². The molecule has 1 aromatic carbocycles. The third kappa shape index (κ3) is 4.69. The van der Waals surface area contributed by atoms with Crippen molar-refractivity contribution in [2.75, 3.05) is 0 Å². The Morgan fingerprint density at radius 1 is 1.24 bits per heavy atom. The maximum Gasteiger partial charge on any atom is 0.417 e. The van der Waals surface area contributed by atoms with Crippen LogP contribution in [0.15, 0.2) is 24.3 Å². The highest BCUT2D eigenvalue weighted by Gasteiger charge is 2.44. The third-order valence-corrected chi connectivity index (χ3v) is 3.10. The van der Waals surface area contributed by atoms with Crippen molar-refractivity contribution in [3.8, 4) is 0 Å². The van der Waals surface area contributed by atoms with Crippen molar-refractivity contribution in [3.05, 3.63) is 34.9 Å². The van der Waals surface area contributed by atoms with Crippen LogP contribution >= 0.6 is 11.6 Å². The standard InChI is InChI=1S/C11H14ClF3OSi/c1-17(2,3)16-10(11(13,14)15)8-5-4-6-9(12)7-8/h4-7,10H,1-3H3. The Morgan fingerprint density at radius 3 is 2.24 bits per heavy atom. The van der Waals surface area contributed by atoms with Gasteiger partial charge >= 0.3 is 6.18 Å². The fourth-order valence-electron chi connectivity index (χ4n) is 1.35. The van der Waals surface area contributed by atoms with E-state index in [1.54, 1.807) is 19.6 Å². The molecular formula is C11H14ClF3OSi. The van der Waals surface area contributed by atoms with E-state index < -0.39 is 20.6 Å². The van der Waals surface area contributed by atoms with Crippen LogP contribution in [0.1, 0.15) is 11.7 Å². The molecule has 0 amide bonds. The Bertz CT molecular complexity index is 387. The normalized spacial score (nSPS) is 14.8. The van der Waals surface area contributed by atoms with Gasteiger partial charge in [-0.1, -0.05) is 23.7 Å². The van der Waals surface area contributed by atoms with Gasteiger partial charge in [0.05, 0.1) is 0 Å². The monoisotopic (exact) mass is 282 g/mol. The van der Waals surface area contributed by atoms with Crippen LogP contribution < -0.4 is 0 Å². The van der Waals surface area contributed by atoms with Crippen molar-refractivity contribution in [1.29, 1.82) is 0 Å². The van der Waals surface area contributed by atoms with Gasteiger partial charge in [-0.2, -0.15) is 13.2 Å². The summed E-state index contributed by atoms with van der Waals surface area (Å²) in [5.74, 6) is 0. The summed E-state index contributed by atoms with van der Waals surface area (Å²) < 4.78 is 44.0. The van der Waals surface area contributed by atoms with Crippen molar-refractivity contribution in [2.45, 2.75) is 31.9 Å². The van der Waals surface area contributed by atoms with Crippen molar-refractivity contribution in [3.63, 3.8) is 0 Å². The average Bonchev–Trinajstić information content (AvgIpc) is 2.11. The second kappa shape index (κ2) is 5.00. The molecular weight excluding hydrogens is 269 g/mol. The average molecular weight is 283 g/mol. The summed E-state index contributed by atoms with van der Waals surface area (Å²) in [6, 6.07) is 5.70. The smallest absolute Gasteiger partial charge is 0.403 e. The summed E-state index contributed by atoms with van der Waals surface area (Å²) in [4.78, 5) is 0. The van der Waals surface area contributed by atoms with Crippen LogP contribution in [0.2, 0.25) is 24.7 Å². The highest BCUT2D eigenvalue weighted by Crippen LogP contribution is 2.38. The van der Waals surface area contributed by atoms with Gasteiger partial charge in [0.15, 0.2) is 14.4 Å². The summed E-state index contributed by atoms with van der Waals surface area (Å²) >= 11 is 5.70. The van der Waals surface area contributed by atoms with E-state index in [-0.39, 0.29) is 10.6 Å². The minimum atomic E-state index is -4.43. The number of halogens is 4. The molecule has 0 radical (unpaired) electrons. The summed E-state index contributed by atoms with van der Waals surface area (Å²) in [6.45, 7) is 5.16. The predicted molar refractivity (Wildman–Crippen MR) is 64.7 cm³/mol. The first-order chi connectivity index (χ1) is 7.59. The van der Waals surface area contributed by atoms with Gasteiger partial charge in [0, 0.05) is 5.02 Å². The maximum absolute atomic E-state index is 12.9. The van der Waals surface area contributed by atoms with E-state index in [0.717, 1.165) is 0 Å². The summed E-state index contributed by atoms with van der Waals surface area (Å²) in [7, 11) is -2.29. The SMILES string of the molecule is C[Si](C)(C)OC(c1cccc(Cl)c1)C(F)(F)F. The fourth-order valence-corrected chi connectivity index (χ4v) is 2.52. The molecule has 1 rings (SSSR count). The van der Waals surface area contributed by atoms with Crippen LogP contribution in [0.4, 0.5) is 13.2 Å². The van der Waals surface area contributed by atoms with Crippen LogP contribution in [0.3, 0.4) is 0 Å². The zero-order chi connectivity index (χ0) is 13.3. The van der Waals surface area contributed by atoms with Crippen LogP contribution in [-0.2, 0) is 4.43 Å². The van der Waals surface area contributed by atoms with E-state index in [4.69, 9.17) is 16.0 Å². The van der Waals surface area contributed by atoms with E-state index in [9.17, 15) is 13.2 Å². The van der Waals surface area contributed by atoms with E-state index in [0.29, 0.717) is 0 Å². The molecule has 0 aliphatic rings. The van der Waals surface area contributed by atoms with E-state index in [1.165, 1.54) is 24.3 Å². The second-order valence-electron chi connectivity index (χ2n) is 4.71. The van der Waals surface area contributed by atoms with Crippen LogP contribution in [-0.4, -0.2) is 14.5 Å². The quantitative estimate of drug-likeness (QED) is 0.724. The molecule has 96 valence electrons. The molecule has 0 fully saturated rings. The lowest BCUT2D eigenvalue weighted by Gasteiger charge is -2.28. The number of rotatable bonds is 3. The minimum Gasteiger partial charge on any atom is -0.403 e. The van der Waals surface area contributed by atoms with Crippen LogP contribution in [0.5, 0.6) is 0 Å². The Labute approximate surface area is 105 Å². The Morgan fingerprint density at radius 2 is 1.82 bits per heavy atom. The number of hydrogen-bond donors (Lipinski definition) is 0. The topological polar surface area (TPSA) is 9.23 Å². The van der Waals surface area contributed by atoms with Crippen LogP contribution in [0, 0.1) is 0 Å². The number of benzene rings is 1. The second-order valence-corrected chi connectivity index (χ2v) is 9.60. The molecule has 0 bridgehead atoms. The molecule has 0 N–H and O–H groups in total. The Hall–Kier alpha value is -0.523. The molecule has 0 saturated carbocycles. The molecule has 1 unspecified atom stereocenters. The first kappa shape index (κ1) is 14.5. The van der Waals surface area contributed by atoms with E-state index in [1.807, 2.05) is 0 Å². The zero-order valence-corrected chi connectivity index (χ0v) is 11.6. The largest absolute Gasteiger partial charge is 0.417 e. The Balaban J connectivity index is 3.07. The molecule has 0 aliphatic heterocycles. The molecule has 0 saturated heterocycles. The molecule has 0 spiro atoms. The van der Waals surface area contributed by atoms with Gasteiger partial charge in [0.2, 0.25) is 0 Å². The van der Waals surface area contributed by atoms with Gasteiger partial charge in [-0.3, -0.25) is 0 Å². The van der Waals surface area contributed by atoms with E-state index >= 15 is 0 Å². The molecule has 1 nitrogen and oxygen atoms in total. The van der Waals surface area contributed by atoms with Crippen molar-refractivity contribution < 1.29 is 17.6 Å². The van der Waals surface area contributed by atoms with Gasteiger partial charge in [-0.15, -0.1) is 0 Å². The maximum atomic E-state index is 12.9. The van der Waals surface area contributed by atoms with Gasteiger partial charge in [0.1, 0.15) is 0 Å². The highest BCUT2D eigenvalue weighted by atomic mass is 35.5. The molecule has 6 heteroatoms. The predicted octanol–water partition coefficient (Wildman–Crippen LogP) is 4.79. The van der Waals surface area contributed by atoms with Gasteiger partial charge in [-0.05, 0) is 37.3 Å². The van der Waals surface area contributed by atoms with Crippen molar-refractivity contribution >= 4 is 19.9 Å². The summed E-state index contributed by atoms with van der Waals surface area (Å²) in [5.41, 5.74) is 0.0485. The summed E-state index contributed by atoms with van der Waals surface area (Å²) in [6.07, 6.45) is -6.32. The molecule has 1 atom stereocenters. The molecule has 17 heavy (non-hydrogen) atoms. The minimum absolute atomic E-state index is 0.0485.